The summed E-state index contributed by atoms with van der Waals surface area (Å²) in [6.07, 6.45) is 6.47. The van der Waals surface area contributed by atoms with Crippen molar-refractivity contribution in [3.63, 3.8) is 0 Å². The zero-order valence-corrected chi connectivity index (χ0v) is 17.6. The van der Waals surface area contributed by atoms with Crippen LogP contribution in [0.2, 0.25) is 0 Å². The standard InChI is InChI=1S/C24H33N3O2/c1-17-4-2-5-19(12-17)24(29)25-10-8-21(9-11-25)26-14-18-13-20(16-26)22-6-3-7-23(28)27(22)15-18/h2,4-5,12,18,20-22H,3,6-11,13-16H2,1H3/t18-,20-,22-/m1/s1. The lowest BCUT2D eigenvalue weighted by Gasteiger charge is -2.54. The van der Waals surface area contributed by atoms with E-state index in [1.807, 2.05) is 36.1 Å². The average molecular weight is 396 g/mol. The van der Waals surface area contributed by atoms with Crippen molar-refractivity contribution < 1.29 is 9.59 Å². The van der Waals surface area contributed by atoms with E-state index in [1.165, 1.54) is 12.8 Å². The summed E-state index contributed by atoms with van der Waals surface area (Å²) in [5, 5.41) is 0. The number of hydrogen-bond acceptors (Lipinski definition) is 3. The lowest BCUT2D eigenvalue weighted by Crippen LogP contribution is -2.62. The zero-order valence-electron chi connectivity index (χ0n) is 17.6. The van der Waals surface area contributed by atoms with Crippen molar-refractivity contribution in [1.82, 2.24) is 14.7 Å². The fourth-order valence-electron chi connectivity index (χ4n) is 6.34. The molecule has 4 fully saturated rings. The summed E-state index contributed by atoms with van der Waals surface area (Å²) in [7, 11) is 0. The van der Waals surface area contributed by atoms with Gasteiger partial charge >= 0.3 is 0 Å². The molecule has 2 bridgehead atoms. The van der Waals surface area contributed by atoms with Gasteiger partial charge in [-0.05, 0) is 63.0 Å². The van der Waals surface area contributed by atoms with E-state index in [0.717, 1.165) is 69.5 Å². The van der Waals surface area contributed by atoms with Gasteiger partial charge in [-0.25, -0.2) is 0 Å². The smallest absolute Gasteiger partial charge is 0.253 e. The molecular formula is C24H33N3O2. The molecule has 2 amide bonds. The number of piperidine rings is 4. The molecular weight excluding hydrogens is 362 g/mol. The van der Waals surface area contributed by atoms with Crippen LogP contribution in [0.4, 0.5) is 0 Å². The van der Waals surface area contributed by atoms with Gasteiger partial charge in [-0.1, -0.05) is 17.7 Å². The second-order valence-corrected chi connectivity index (χ2v) is 9.71. The van der Waals surface area contributed by atoms with Gasteiger partial charge in [0.1, 0.15) is 0 Å². The van der Waals surface area contributed by atoms with Crippen molar-refractivity contribution in [2.75, 3.05) is 32.7 Å². The van der Waals surface area contributed by atoms with Crippen molar-refractivity contribution in [1.29, 1.82) is 0 Å². The van der Waals surface area contributed by atoms with E-state index >= 15 is 0 Å². The number of amides is 2. The van der Waals surface area contributed by atoms with Gasteiger partial charge in [0.15, 0.2) is 0 Å². The summed E-state index contributed by atoms with van der Waals surface area (Å²) in [4.78, 5) is 32.2. The minimum absolute atomic E-state index is 0.180. The Labute approximate surface area is 174 Å². The second kappa shape index (κ2) is 7.75. The van der Waals surface area contributed by atoms with Crippen molar-refractivity contribution in [3.8, 4) is 0 Å². The molecule has 4 saturated heterocycles. The summed E-state index contributed by atoms with van der Waals surface area (Å²) < 4.78 is 0. The van der Waals surface area contributed by atoms with Crippen LogP contribution in [0.3, 0.4) is 0 Å². The largest absolute Gasteiger partial charge is 0.339 e. The maximum Gasteiger partial charge on any atom is 0.253 e. The van der Waals surface area contributed by atoms with Crippen LogP contribution in [-0.2, 0) is 4.79 Å². The Kier molecular flexibility index (Phi) is 5.10. The van der Waals surface area contributed by atoms with Gasteiger partial charge < -0.3 is 9.80 Å². The topological polar surface area (TPSA) is 43.9 Å². The molecule has 0 radical (unpaired) electrons. The quantitative estimate of drug-likeness (QED) is 0.773. The maximum atomic E-state index is 12.9. The van der Waals surface area contributed by atoms with Gasteiger partial charge in [0.05, 0.1) is 0 Å². The molecule has 4 aliphatic rings. The summed E-state index contributed by atoms with van der Waals surface area (Å²) in [6, 6.07) is 9.02. The minimum Gasteiger partial charge on any atom is -0.339 e. The van der Waals surface area contributed by atoms with Crippen LogP contribution in [0, 0.1) is 18.8 Å². The highest BCUT2D eigenvalue weighted by Crippen LogP contribution is 2.39. The van der Waals surface area contributed by atoms with E-state index in [0.29, 0.717) is 29.8 Å². The molecule has 29 heavy (non-hydrogen) atoms. The maximum absolute atomic E-state index is 12.9. The Morgan fingerprint density at radius 2 is 1.90 bits per heavy atom. The molecule has 0 spiro atoms. The van der Waals surface area contributed by atoms with E-state index < -0.39 is 0 Å². The monoisotopic (exact) mass is 395 g/mol. The van der Waals surface area contributed by atoms with Gasteiger partial charge in [-0.3, -0.25) is 14.5 Å². The van der Waals surface area contributed by atoms with Crippen molar-refractivity contribution in [3.05, 3.63) is 35.4 Å². The van der Waals surface area contributed by atoms with Crippen LogP contribution in [0.15, 0.2) is 24.3 Å². The number of carbonyl (C=O) groups is 2. The fourth-order valence-corrected chi connectivity index (χ4v) is 6.34. The van der Waals surface area contributed by atoms with Gasteiger partial charge in [-0.15, -0.1) is 0 Å². The molecule has 1 aromatic rings. The normalized spacial score (nSPS) is 30.9. The highest BCUT2D eigenvalue weighted by Gasteiger charge is 2.45. The molecule has 5 nitrogen and oxygen atoms in total. The first-order chi connectivity index (χ1) is 14.1. The number of rotatable bonds is 2. The fraction of sp³-hybridized carbons (Fsp3) is 0.667. The summed E-state index contributed by atoms with van der Waals surface area (Å²) in [5.74, 6) is 1.86. The van der Waals surface area contributed by atoms with Gasteiger partial charge in [-0.2, -0.15) is 0 Å². The average Bonchev–Trinajstić information content (AvgIpc) is 2.74. The number of hydrogen-bond donors (Lipinski definition) is 0. The SMILES string of the molecule is Cc1cccc(C(=O)N2CCC(N3C[C@H]4C[C@H](C3)[C@H]3CCCC(=O)N3C4)CC2)c1. The second-order valence-electron chi connectivity index (χ2n) is 9.71. The summed E-state index contributed by atoms with van der Waals surface area (Å²) in [5.41, 5.74) is 1.96. The van der Waals surface area contributed by atoms with Crippen LogP contribution in [0.5, 0.6) is 0 Å². The molecule has 5 heteroatoms. The summed E-state index contributed by atoms with van der Waals surface area (Å²) in [6.45, 7) is 7.00. The van der Waals surface area contributed by atoms with Crippen LogP contribution >= 0.6 is 0 Å². The van der Waals surface area contributed by atoms with E-state index in [2.05, 4.69) is 9.80 Å². The van der Waals surface area contributed by atoms with E-state index in [1.54, 1.807) is 0 Å². The first-order valence-electron chi connectivity index (χ1n) is 11.5. The van der Waals surface area contributed by atoms with Crippen molar-refractivity contribution in [2.45, 2.75) is 57.5 Å². The van der Waals surface area contributed by atoms with E-state index in [9.17, 15) is 9.59 Å². The van der Waals surface area contributed by atoms with Crippen molar-refractivity contribution >= 4 is 11.8 Å². The molecule has 0 saturated carbocycles. The molecule has 0 N–H and O–H groups in total. The van der Waals surface area contributed by atoms with Crippen LogP contribution in [0.25, 0.3) is 0 Å². The minimum atomic E-state index is 0.180. The Hall–Kier alpha value is -1.88. The van der Waals surface area contributed by atoms with E-state index in [-0.39, 0.29) is 5.91 Å². The molecule has 156 valence electrons. The summed E-state index contributed by atoms with van der Waals surface area (Å²) >= 11 is 0. The Bertz CT molecular complexity index is 786. The highest BCUT2D eigenvalue weighted by molar-refractivity contribution is 5.94. The molecule has 0 aliphatic carbocycles. The number of fused-ring (bicyclic) bond motifs is 4. The third-order valence-electron chi connectivity index (χ3n) is 7.74. The van der Waals surface area contributed by atoms with E-state index in [4.69, 9.17) is 0 Å². The Morgan fingerprint density at radius 1 is 1.07 bits per heavy atom. The number of likely N-dealkylation sites (tertiary alicyclic amines) is 2. The number of aryl methyl sites for hydroxylation is 1. The van der Waals surface area contributed by atoms with Gasteiger partial charge in [0.2, 0.25) is 5.91 Å². The molecule has 5 rings (SSSR count). The van der Waals surface area contributed by atoms with Crippen molar-refractivity contribution in [2.24, 2.45) is 11.8 Å². The third-order valence-corrected chi connectivity index (χ3v) is 7.74. The van der Waals surface area contributed by atoms with Gasteiger partial charge in [0.25, 0.3) is 5.91 Å². The van der Waals surface area contributed by atoms with Gasteiger partial charge in [0, 0.05) is 56.8 Å². The first kappa shape index (κ1) is 19.1. The molecule has 1 aromatic carbocycles. The molecule has 4 aliphatic heterocycles. The third kappa shape index (κ3) is 3.70. The molecule has 0 unspecified atom stereocenters. The Morgan fingerprint density at radius 3 is 2.69 bits per heavy atom. The number of carbonyl (C=O) groups excluding carboxylic acids is 2. The Balaban J connectivity index is 1.20. The molecule has 4 heterocycles. The predicted octanol–water partition coefficient (Wildman–Crippen LogP) is 2.93. The highest BCUT2D eigenvalue weighted by atomic mass is 16.2. The molecule has 3 atom stereocenters. The number of benzene rings is 1. The zero-order chi connectivity index (χ0) is 20.0. The van der Waals surface area contributed by atoms with Crippen LogP contribution in [0.1, 0.15) is 54.4 Å². The molecule has 0 aromatic heterocycles. The van der Waals surface area contributed by atoms with Crippen LogP contribution in [-0.4, -0.2) is 71.3 Å². The lowest BCUT2D eigenvalue weighted by atomic mass is 9.75. The lowest BCUT2D eigenvalue weighted by molar-refractivity contribution is -0.145. The predicted molar refractivity (Wildman–Crippen MR) is 113 cm³/mol. The first-order valence-corrected chi connectivity index (χ1v) is 11.5. The number of nitrogens with zero attached hydrogens (tertiary/aromatic N) is 3. The van der Waals surface area contributed by atoms with Crippen LogP contribution < -0.4 is 0 Å².